The van der Waals surface area contributed by atoms with Gasteiger partial charge in [-0.25, -0.2) is 0 Å². The largest absolute Gasteiger partial charge is 0.312 e. The second-order valence-corrected chi connectivity index (χ2v) is 5.13. The normalized spacial score (nSPS) is 28.1. The molecule has 2 atom stereocenters. The molecule has 14 heavy (non-hydrogen) atoms. The van der Waals surface area contributed by atoms with Gasteiger partial charge in [-0.2, -0.15) is 0 Å². The summed E-state index contributed by atoms with van der Waals surface area (Å²) in [5.41, 5.74) is 0. The average molecular weight is 212 g/mol. The van der Waals surface area contributed by atoms with Gasteiger partial charge in [-0.3, -0.25) is 4.99 Å². The second kappa shape index (κ2) is 6.25. The first-order valence-electron chi connectivity index (χ1n) is 5.29. The lowest BCUT2D eigenvalue weighted by Crippen LogP contribution is -2.17. The fourth-order valence-electron chi connectivity index (χ4n) is 1.56. The molecule has 1 N–H and O–H groups in total. The van der Waals surface area contributed by atoms with Crippen LogP contribution in [0.2, 0.25) is 0 Å². The van der Waals surface area contributed by atoms with Crippen LogP contribution >= 0.6 is 11.8 Å². The molecule has 0 spiro atoms. The Balaban J connectivity index is 2.32. The van der Waals surface area contributed by atoms with Crippen LogP contribution in [0.4, 0.5) is 0 Å². The lowest BCUT2D eigenvalue weighted by Gasteiger charge is -2.21. The predicted octanol–water partition coefficient (Wildman–Crippen LogP) is 2.67. The third-order valence-electron chi connectivity index (χ3n) is 2.17. The summed E-state index contributed by atoms with van der Waals surface area (Å²) >= 11 is 1.88. The maximum Gasteiger partial charge on any atom is 0.0996 e. The van der Waals surface area contributed by atoms with Gasteiger partial charge in [0.15, 0.2) is 0 Å². The molecule has 0 aromatic rings. The molecule has 0 fully saturated rings. The van der Waals surface area contributed by atoms with Crippen LogP contribution in [0.25, 0.3) is 0 Å². The number of allylic oxidation sites excluding steroid dienone is 2. The van der Waals surface area contributed by atoms with Crippen molar-refractivity contribution in [1.29, 1.82) is 0 Å². The van der Waals surface area contributed by atoms with E-state index in [1.807, 2.05) is 18.0 Å². The van der Waals surface area contributed by atoms with E-state index in [2.05, 4.69) is 37.2 Å². The van der Waals surface area contributed by atoms with E-state index in [1.165, 1.54) is 11.3 Å². The van der Waals surface area contributed by atoms with Gasteiger partial charge >= 0.3 is 0 Å². The molecule has 1 aliphatic rings. The summed E-state index contributed by atoms with van der Waals surface area (Å²) in [7, 11) is 0. The number of aliphatic imine (C=N–C) groups is 1. The van der Waals surface area contributed by atoms with Crippen molar-refractivity contribution in [3.8, 4) is 0 Å². The Labute approximate surface area is 91.3 Å². The summed E-state index contributed by atoms with van der Waals surface area (Å²) in [6, 6.07) is 0. The Morgan fingerprint density at radius 3 is 3.14 bits per heavy atom. The van der Waals surface area contributed by atoms with E-state index < -0.39 is 0 Å². The molecule has 2 nitrogen and oxygen atoms in total. The molecule has 3 heteroatoms. The Hall–Kier alpha value is -0.280. The van der Waals surface area contributed by atoms with Gasteiger partial charge in [-0.15, -0.1) is 11.8 Å². The minimum atomic E-state index is 0.439. The van der Waals surface area contributed by atoms with Gasteiger partial charge in [-0.05, 0) is 30.7 Å². The van der Waals surface area contributed by atoms with Crippen molar-refractivity contribution in [1.82, 2.24) is 5.32 Å². The van der Waals surface area contributed by atoms with Crippen molar-refractivity contribution in [2.45, 2.75) is 32.6 Å². The molecule has 0 aromatic carbocycles. The van der Waals surface area contributed by atoms with Crippen molar-refractivity contribution in [3.05, 3.63) is 11.0 Å². The number of thioether (sulfide) groups is 1. The van der Waals surface area contributed by atoms with E-state index in [0.717, 1.165) is 13.1 Å². The van der Waals surface area contributed by atoms with Crippen LogP contribution in [0, 0.1) is 5.92 Å². The molecule has 1 rings (SSSR count). The van der Waals surface area contributed by atoms with Gasteiger partial charge in [0, 0.05) is 12.8 Å². The molecule has 0 saturated heterocycles. The number of hydrogen-bond acceptors (Lipinski definition) is 3. The number of hydrogen-bond donors (Lipinski definition) is 1. The molecule has 0 radical (unpaired) electrons. The number of nitrogens with zero attached hydrogens (tertiary/aromatic N) is 1. The van der Waals surface area contributed by atoms with Crippen LogP contribution in [-0.2, 0) is 0 Å². The van der Waals surface area contributed by atoms with Crippen molar-refractivity contribution in [2.75, 3.05) is 13.1 Å². The van der Waals surface area contributed by atoms with E-state index in [1.54, 1.807) is 0 Å². The Kier molecular flexibility index (Phi) is 5.26. The first-order valence-corrected chi connectivity index (χ1v) is 6.17. The van der Waals surface area contributed by atoms with Crippen LogP contribution in [0.5, 0.6) is 0 Å². The molecule has 0 bridgehead atoms. The van der Waals surface area contributed by atoms with Gasteiger partial charge < -0.3 is 5.32 Å². The van der Waals surface area contributed by atoms with Crippen molar-refractivity contribution >= 4 is 18.0 Å². The van der Waals surface area contributed by atoms with Crippen LogP contribution in [0.3, 0.4) is 0 Å². The topological polar surface area (TPSA) is 24.4 Å². The van der Waals surface area contributed by atoms with E-state index in [9.17, 15) is 0 Å². The van der Waals surface area contributed by atoms with Crippen LogP contribution < -0.4 is 5.32 Å². The van der Waals surface area contributed by atoms with Crippen molar-refractivity contribution in [3.63, 3.8) is 0 Å². The van der Waals surface area contributed by atoms with E-state index >= 15 is 0 Å². The zero-order valence-electron chi connectivity index (χ0n) is 9.29. The summed E-state index contributed by atoms with van der Waals surface area (Å²) in [4.78, 5) is 5.97. The first kappa shape index (κ1) is 11.8. The molecule has 1 heterocycles. The standard InChI is InChI=1S/C11H20N2S/c1-4-12-5-6-13-11-8-9(2)7-10(3)14-11/h6-7,9,11-12H,4-5,8H2,1-3H3/b13-6-. The van der Waals surface area contributed by atoms with Crippen LogP contribution in [0.1, 0.15) is 27.2 Å². The second-order valence-electron chi connectivity index (χ2n) is 3.70. The molecular formula is C11H20N2S. The summed E-state index contributed by atoms with van der Waals surface area (Å²) in [5, 5.41) is 3.68. The molecule has 0 saturated carbocycles. The average Bonchev–Trinajstić information content (AvgIpc) is 2.11. The number of nitrogens with one attached hydrogen (secondary N) is 1. The van der Waals surface area contributed by atoms with Crippen LogP contribution in [-0.4, -0.2) is 24.7 Å². The summed E-state index contributed by atoms with van der Waals surface area (Å²) in [5.74, 6) is 0.678. The summed E-state index contributed by atoms with van der Waals surface area (Å²) in [6.07, 6.45) is 5.51. The Morgan fingerprint density at radius 1 is 1.71 bits per heavy atom. The zero-order chi connectivity index (χ0) is 10.4. The molecule has 1 aliphatic heterocycles. The summed E-state index contributed by atoms with van der Waals surface area (Å²) < 4.78 is 0. The zero-order valence-corrected chi connectivity index (χ0v) is 10.1. The highest BCUT2D eigenvalue weighted by molar-refractivity contribution is 8.03. The summed E-state index contributed by atoms with van der Waals surface area (Å²) in [6.45, 7) is 8.45. The monoisotopic (exact) mass is 212 g/mol. The smallest absolute Gasteiger partial charge is 0.0996 e. The number of rotatable bonds is 4. The molecule has 80 valence electrons. The molecule has 2 unspecified atom stereocenters. The third-order valence-corrected chi connectivity index (χ3v) is 3.27. The molecular weight excluding hydrogens is 192 g/mol. The lowest BCUT2D eigenvalue weighted by atomic mass is 10.1. The third kappa shape index (κ3) is 4.29. The van der Waals surface area contributed by atoms with Gasteiger partial charge in [-0.1, -0.05) is 19.9 Å². The molecule has 0 aliphatic carbocycles. The highest BCUT2D eigenvalue weighted by Gasteiger charge is 2.16. The minimum absolute atomic E-state index is 0.439. The molecule has 0 amide bonds. The first-order chi connectivity index (χ1) is 6.72. The van der Waals surface area contributed by atoms with Gasteiger partial charge in [0.1, 0.15) is 0 Å². The van der Waals surface area contributed by atoms with E-state index in [0.29, 0.717) is 11.3 Å². The fourth-order valence-corrected chi connectivity index (χ4v) is 2.85. The quantitative estimate of drug-likeness (QED) is 0.572. The van der Waals surface area contributed by atoms with E-state index in [4.69, 9.17) is 0 Å². The Bertz CT molecular complexity index is 223. The Morgan fingerprint density at radius 2 is 2.50 bits per heavy atom. The van der Waals surface area contributed by atoms with Gasteiger partial charge in [0.2, 0.25) is 0 Å². The fraction of sp³-hybridized carbons (Fsp3) is 0.727. The SMILES string of the molecule is CCNC/C=N\C1CC(C)C=C(C)S1. The maximum absolute atomic E-state index is 4.56. The highest BCUT2D eigenvalue weighted by Crippen LogP contribution is 2.33. The van der Waals surface area contributed by atoms with Crippen molar-refractivity contribution in [2.24, 2.45) is 10.9 Å². The van der Waals surface area contributed by atoms with Gasteiger partial charge in [0.05, 0.1) is 5.37 Å². The lowest BCUT2D eigenvalue weighted by molar-refractivity contribution is 0.625. The maximum atomic E-state index is 4.56. The molecule has 0 aromatic heterocycles. The van der Waals surface area contributed by atoms with Gasteiger partial charge in [0.25, 0.3) is 0 Å². The van der Waals surface area contributed by atoms with Crippen molar-refractivity contribution < 1.29 is 0 Å². The van der Waals surface area contributed by atoms with E-state index in [-0.39, 0.29) is 0 Å². The predicted molar refractivity (Wildman–Crippen MR) is 66.0 cm³/mol. The van der Waals surface area contributed by atoms with Crippen LogP contribution in [0.15, 0.2) is 16.0 Å². The minimum Gasteiger partial charge on any atom is -0.312 e. The highest BCUT2D eigenvalue weighted by atomic mass is 32.2.